The molecule has 0 saturated carbocycles. The fourth-order valence-electron chi connectivity index (χ4n) is 5.50. The number of benzene rings is 5. The molecule has 4 heteroatoms. The topological polar surface area (TPSA) is 35.5 Å². The van der Waals surface area contributed by atoms with Crippen molar-refractivity contribution in [2.75, 3.05) is 13.2 Å². The van der Waals surface area contributed by atoms with E-state index in [1.165, 1.54) is 10.4 Å². The van der Waals surface area contributed by atoms with Crippen LogP contribution in [0.1, 0.15) is 31.1 Å². The van der Waals surface area contributed by atoms with Crippen LogP contribution in [0.3, 0.4) is 0 Å². The first kappa shape index (κ1) is 24.9. The summed E-state index contributed by atoms with van der Waals surface area (Å²) < 4.78 is 13.5. The van der Waals surface area contributed by atoms with Gasteiger partial charge in [-0.3, -0.25) is 4.79 Å². The van der Waals surface area contributed by atoms with Crippen molar-refractivity contribution in [3.63, 3.8) is 0 Å². The molecule has 5 aromatic carbocycles. The van der Waals surface area contributed by atoms with Crippen LogP contribution in [-0.4, -0.2) is 27.8 Å². The van der Waals surface area contributed by atoms with Crippen molar-refractivity contribution < 1.29 is 14.0 Å². The van der Waals surface area contributed by atoms with Crippen molar-refractivity contribution in [1.29, 1.82) is 0 Å². The van der Waals surface area contributed by atoms with Gasteiger partial charge in [0.05, 0.1) is 6.61 Å². The third kappa shape index (κ3) is 4.48. The maximum Gasteiger partial charge on any atom is 0.261 e. The molecule has 0 amide bonds. The Morgan fingerprint density at radius 1 is 0.622 bits per heavy atom. The summed E-state index contributed by atoms with van der Waals surface area (Å²) >= 11 is 0. The van der Waals surface area contributed by atoms with Crippen LogP contribution in [0.5, 0.6) is 5.75 Å². The summed E-state index contributed by atoms with van der Waals surface area (Å²) in [6.45, 7) is 7.68. The van der Waals surface area contributed by atoms with Gasteiger partial charge in [0.25, 0.3) is 8.32 Å². The van der Waals surface area contributed by atoms with E-state index in [-0.39, 0.29) is 5.04 Å². The maximum absolute atomic E-state index is 12.0. The Balaban J connectivity index is 1.51. The number of carbonyl (C=O) groups is 1. The molecule has 0 atom stereocenters. The number of ether oxygens (including phenoxy) is 1. The smallest absolute Gasteiger partial charge is 0.261 e. The Bertz CT molecular complexity index is 1430. The van der Waals surface area contributed by atoms with Crippen LogP contribution in [0.25, 0.3) is 21.5 Å². The molecule has 0 unspecified atom stereocenters. The molecule has 0 heterocycles. The average molecular weight is 505 g/mol. The fourth-order valence-corrected chi connectivity index (χ4v) is 10.0. The van der Waals surface area contributed by atoms with Gasteiger partial charge < -0.3 is 9.16 Å². The highest BCUT2D eigenvalue weighted by molar-refractivity contribution is 6.99. The van der Waals surface area contributed by atoms with Gasteiger partial charge in [0.2, 0.25) is 0 Å². The lowest BCUT2D eigenvalue weighted by Crippen LogP contribution is -2.66. The van der Waals surface area contributed by atoms with Crippen molar-refractivity contribution in [2.24, 2.45) is 0 Å². The predicted molar refractivity (Wildman–Crippen MR) is 156 cm³/mol. The van der Waals surface area contributed by atoms with E-state index < -0.39 is 8.32 Å². The molecule has 0 N–H and O–H groups in total. The Morgan fingerprint density at radius 2 is 1.05 bits per heavy atom. The predicted octanol–water partition coefficient (Wildman–Crippen LogP) is 6.76. The standard InChI is InChI=1S/C33H32O3Si/c1-33(2,3)37(25-14-6-4-7-15-25,26-16-8-5-9-17-26)36-23-22-35-32-29-20-12-10-18-27(29)31(24-34)28-19-11-13-21-30(28)32/h4-21,24H,22-23H2,1-3H3. The first-order valence-electron chi connectivity index (χ1n) is 12.7. The molecule has 5 rings (SSSR count). The molecule has 0 aliphatic heterocycles. The van der Waals surface area contributed by atoms with Crippen molar-refractivity contribution in [3.05, 3.63) is 115 Å². The summed E-state index contributed by atoms with van der Waals surface area (Å²) in [4.78, 5) is 12.0. The average Bonchev–Trinajstić information content (AvgIpc) is 2.93. The van der Waals surface area contributed by atoms with Crippen molar-refractivity contribution in [2.45, 2.75) is 25.8 Å². The lowest BCUT2D eigenvalue weighted by Gasteiger charge is -2.43. The molecule has 0 radical (unpaired) electrons. The van der Waals surface area contributed by atoms with Crippen LogP contribution in [0, 0.1) is 0 Å². The van der Waals surface area contributed by atoms with Crippen LogP contribution in [0.4, 0.5) is 0 Å². The van der Waals surface area contributed by atoms with Gasteiger partial charge in [0.15, 0.2) is 6.29 Å². The van der Waals surface area contributed by atoms with Crippen LogP contribution in [0.2, 0.25) is 5.04 Å². The molecule has 0 saturated heterocycles. The second-order valence-corrected chi connectivity index (χ2v) is 14.6. The van der Waals surface area contributed by atoms with Crippen LogP contribution in [-0.2, 0) is 4.43 Å². The van der Waals surface area contributed by atoms with Gasteiger partial charge in [-0.2, -0.15) is 0 Å². The molecule has 0 fully saturated rings. The summed E-state index contributed by atoms with van der Waals surface area (Å²) in [5, 5.41) is 6.08. The molecular formula is C33H32O3Si. The second kappa shape index (κ2) is 10.3. The molecule has 5 aromatic rings. The fraction of sp³-hybridized carbons (Fsp3) is 0.182. The van der Waals surface area contributed by atoms with Gasteiger partial charge >= 0.3 is 0 Å². The number of aldehydes is 1. The van der Waals surface area contributed by atoms with Crippen LogP contribution < -0.4 is 15.1 Å². The van der Waals surface area contributed by atoms with Crippen molar-refractivity contribution in [1.82, 2.24) is 0 Å². The van der Waals surface area contributed by atoms with Crippen molar-refractivity contribution in [3.8, 4) is 5.75 Å². The number of carbonyl (C=O) groups excluding carboxylic acids is 1. The lowest BCUT2D eigenvalue weighted by atomic mass is 9.96. The minimum atomic E-state index is -2.64. The van der Waals surface area contributed by atoms with Gasteiger partial charge in [-0.05, 0) is 26.2 Å². The van der Waals surface area contributed by atoms with Gasteiger partial charge in [-0.1, -0.05) is 130 Å². The van der Waals surface area contributed by atoms with E-state index in [1.54, 1.807) is 0 Å². The van der Waals surface area contributed by atoms with Gasteiger partial charge in [0, 0.05) is 16.3 Å². The Labute approximate surface area is 219 Å². The third-order valence-electron chi connectivity index (χ3n) is 7.11. The zero-order valence-electron chi connectivity index (χ0n) is 21.6. The van der Waals surface area contributed by atoms with Crippen LogP contribution in [0.15, 0.2) is 109 Å². The highest BCUT2D eigenvalue weighted by atomic mass is 28.4. The molecule has 0 aliphatic rings. The van der Waals surface area contributed by atoms with E-state index in [2.05, 4.69) is 81.4 Å². The minimum absolute atomic E-state index is 0.0965. The van der Waals surface area contributed by atoms with E-state index in [9.17, 15) is 4.79 Å². The molecule has 0 aromatic heterocycles. The zero-order valence-corrected chi connectivity index (χ0v) is 22.6. The summed E-state index contributed by atoms with van der Waals surface area (Å²) in [5.41, 5.74) is 0.696. The Hall–Kier alpha value is -3.73. The molecular weight excluding hydrogens is 472 g/mol. The van der Waals surface area contributed by atoms with Gasteiger partial charge in [-0.25, -0.2) is 0 Å². The molecule has 0 bridgehead atoms. The van der Waals surface area contributed by atoms with E-state index in [0.29, 0.717) is 18.8 Å². The van der Waals surface area contributed by atoms with E-state index in [4.69, 9.17) is 9.16 Å². The summed E-state index contributed by atoms with van der Waals surface area (Å²) in [7, 11) is -2.64. The number of hydrogen-bond donors (Lipinski definition) is 0. The molecule has 3 nitrogen and oxygen atoms in total. The molecule has 0 spiro atoms. The largest absolute Gasteiger partial charge is 0.490 e. The quantitative estimate of drug-likeness (QED) is 0.101. The van der Waals surface area contributed by atoms with E-state index in [0.717, 1.165) is 33.6 Å². The highest BCUT2D eigenvalue weighted by Crippen LogP contribution is 2.39. The zero-order chi connectivity index (χ0) is 25.9. The number of rotatable bonds is 8. The van der Waals surface area contributed by atoms with Crippen molar-refractivity contribution >= 4 is 46.5 Å². The summed E-state index contributed by atoms with van der Waals surface area (Å²) in [5.74, 6) is 0.794. The molecule has 186 valence electrons. The monoisotopic (exact) mass is 504 g/mol. The normalized spacial score (nSPS) is 12.1. The summed E-state index contributed by atoms with van der Waals surface area (Å²) in [6, 6.07) is 37.2. The minimum Gasteiger partial charge on any atom is -0.490 e. The van der Waals surface area contributed by atoms with Gasteiger partial charge in [-0.15, -0.1) is 0 Å². The summed E-state index contributed by atoms with van der Waals surface area (Å²) in [6.07, 6.45) is 0.945. The SMILES string of the molecule is CC(C)(C)[Si](OCCOc1c2ccccc2c(C=O)c2ccccc12)(c1ccccc1)c1ccccc1. The molecule has 0 aliphatic carbocycles. The Kier molecular flexibility index (Phi) is 6.96. The van der Waals surface area contributed by atoms with Gasteiger partial charge in [0.1, 0.15) is 12.4 Å². The lowest BCUT2D eigenvalue weighted by molar-refractivity contribution is 0.112. The third-order valence-corrected chi connectivity index (χ3v) is 12.1. The maximum atomic E-state index is 12.0. The first-order chi connectivity index (χ1) is 18.0. The molecule has 37 heavy (non-hydrogen) atoms. The van der Waals surface area contributed by atoms with Crippen LogP contribution >= 0.6 is 0 Å². The number of hydrogen-bond acceptors (Lipinski definition) is 3. The highest BCUT2D eigenvalue weighted by Gasteiger charge is 2.50. The van der Waals surface area contributed by atoms with E-state index >= 15 is 0 Å². The second-order valence-electron chi connectivity index (χ2n) is 10.3. The first-order valence-corrected chi connectivity index (χ1v) is 14.6. The number of fused-ring (bicyclic) bond motifs is 2. The Morgan fingerprint density at radius 3 is 1.49 bits per heavy atom. The van der Waals surface area contributed by atoms with E-state index in [1.807, 2.05) is 48.5 Å².